The highest BCUT2D eigenvalue weighted by molar-refractivity contribution is 5.48. The predicted molar refractivity (Wildman–Crippen MR) is 72.2 cm³/mol. The first-order valence-corrected chi connectivity index (χ1v) is 5.89. The van der Waals surface area contributed by atoms with Crippen molar-refractivity contribution in [2.75, 3.05) is 25.0 Å². The Bertz CT molecular complexity index is 381. The molecule has 0 amide bonds. The third-order valence-corrected chi connectivity index (χ3v) is 2.54. The SMILES string of the molecule is CN(CCNC(C)(C)C)c1ccc(C#N)cc1. The Balaban J connectivity index is 2.47. The van der Waals surface area contributed by atoms with Crippen molar-refractivity contribution in [1.82, 2.24) is 5.32 Å². The molecule has 17 heavy (non-hydrogen) atoms. The number of hydrogen-bond donors (Lipinski definition) is 1. The van der Waals surface area contributed by atoms with Crippen molar-refractivity contribution in [3.8, 4) is 6.07 Å². The van der Waals surface area contributed by atoms with Gasteiger partial charge in [0.15, 0.2) is 0 Å². The van der Waals surface area contributed by atoms with E-state index in [2.05, 4.69) is 44.1 Å². The van der Waals surface area contributed by atoms with Gasteiger partial charge in [-0.2, -0.15) is 5.26 Å². The van der Waals surface area contributed by atoms with Gasteiger partial charge in [0.1, 0.15) is 0 Å². The molecule has 0 heterocycles. The Morgan fingerprint density at radius 1 is 1.24 bits per heavy atom. The molecule has 0 aromatic heterocycles. The molecule has 0 aliphatic heterocycles. The van der Waals surface area contributed by atoms with Crippen LogP contribution in [-0.2, 0) is 0 Å². The molecule has 92 valence electrons. The average molecular weight is 231 g/mol. The topological polar surface area (TPSA) is 39.1 Å². The van der Waals surface area contributed by atoms with E-state index >= 15 is 0 Å². The van der Waals surface area contributed by atoms with Gasteiger partial charge in [-0.05, 0) is 45.0 Å². The second-order valence-corrected chi connectivity index (χ2v) is 5.26. The van der Waals surface area contributed by atoms with E-state index in [9.17, 15) is 0 Å². The lowest BCUT2D eigenvalue weighted by Gasteiger charge is -2.24. The summed E-state index contributed by atoms with van der Waals surface area (Å²) in [5, 5.41) is 12.2. The molecule has 1 N–H and O–H groups in total. The van der Waals surface area contributed by atoms with Crippen molar-refractivity contribution in [2.45, 2.75) is 26.3 Å². The summed E-state index contributed by atoms with van der Waals surface area (Å²) < 4.78 is 0. The molecule has 0 saturated carbocycles. The molecule has 1 aromatic rings. The zero-order valence-corrected chi connectivity index (χ0v) is 11.1. The van der Waals surface area contributed by atoms with Gasteiger partial charge in [0, 0.05) is 31.4 Å². The van der Waals surface area contributed by atoms with Crippen LogP contribution in [0.3, 0.4) is 0 Å². The molecular weight excluding hydrogens is 210 g/mol. The summed E-state index contributed by atoms with van der Waals surface area (Å²) in [4.78, 5) is 2.18. The minimum atomic E-state index is 0.158. The summed E-state index contributed by atoms with van der Waals surface area (Å²) in [6.07, 6.45) is 0. The Labute approximate surface area is 104 Å². The van der Waals surface area contributed by atoms with Crippen molar-refractivity contribution >= 4 is 5.69 Å². The average Bonchev–Trinajstić information content (AvgIpc) is 2.27. The Morgan fingerprint density at radius 2 is 1.82 bits per heavy atom. The lowest BCUT2D eigenvalue weighted by Crippen LogP contribution is -2.40. The van der Waals surface area contributed by atoms with Gasteiger partial charge in [0.2, 0.25) is 0 Å². The van der Waals surface area contributed by atoms with Crippen LogP contribution in [0.15, 0.2) is 24.3 Å². The van der Waals surface area contributed by atoms with E-state index < -0.39 is 0 Å². The minimum Gasteiger partial charge on any atom is -0.373 e. The number of likely N-dealkylation sites (N-methyl/N-ethyl adjacent to an activating group) is 1. The summed E-state index contributed by atoms with van der Waals surface area (Å²) in [7, 11) is 2.06. The maximum atomic E-state index is 8.72. The number of rotatable bonds is 4. The van der Waals surface area contributed by atoms with E-state index in [0.29, 0.717) is 5.56 Å². The summed E-state index contributed by atoms with van der Waals surface area (Å²) in [5.41, 5.74) is 2.00. The van der Waals surface area contributed by atoms with E-state index in [0.717, 1.165) is 18.8 Å². The van der Waals surface area contributed by atoms with Crippen molar-refractivity contribution in [3.63, 3.8) is 0 Å². The van der Waals surface area contributed by atoms with Crippen molar-refractivity contribution in [1.29, 1.82) is 5.26 Å². The number of anilines is 1. The third kappa shape index (κ3) is 4.88. The van der Waals surface area contributed by atoms with E-state index in [1.165, 1.54) is 0 Å². The smallest absolute Gasteiger partial charge is 0.0991 e. The van der Waals surface area contributed by atoms with Crippen LogP contribution in [0, 0.1) is 11.3 Å². The highest BCUT2D eigenvalue weighted by Gasteiger charge is 2.08. The lowest BCUT2D eigenvalue weighted by atomic mass is 10.1. The molecule has 0 aliphatic carbocycles. The third-order valence-electron chi connectivity index (χ3n) is 2.54. The maximum Gasteiger partial charge on any atom is 0.0991 e. The van der Waals surface area contributed by atoms with Crippen LogP contribution in [0.2, 0.25) is 0 Å². The van der Waals surface area contributed by atoms with E-state index in [1.807, 2.05) is 24.3 Å². The van der Waals surface area contributed by atoms with Crippen molar-refractivity contribution < 1.29 is 0 Å². The molecule has 0 unspecified atom stereocenters. The van der Waals surface area contributed by atoms with Gasteiger partial charge in [-0.3, -0.25) is 0 Å². The first kappa shape index (κ1) is 13.5. The van der Waals surface area contributed by atoms with Crippen LogP contribution in [0.5, 0.6) is 0 Å². The standard InChI is InChI=1S/C14H21N3/c1-14(2,3)16-9-10-17(4)13-7-5-12(11-15)6-8-13/h5-8,16H,9-10H2,1-4H3. The fourth-order valence-electron chi connectivity index (χ4n) is 1.52. The molecule has 3 nitrogen and oxygen atoms in total. The molecule has 0 saturated heterocycles. The highest BCUT2D eigenvalue weighted by atomic mass is 15.1. The maximum absolute atomic E-state index is 8.72. The molecule has 0 bridgehead atoms. The number of nitrogens with one attached hydrogen (secondary N) is 1. The predicted octanol–water partition coefficient (Wildman–Crippen LogP) is 2.38. The molecule has 0 radical (unpaired) electrons. The van der Waals surface area contributed by atoms with Gasteiger partial charge in [0.05, 0.1) is 11.6 Å². The van der Waals surface area contributed by atoms with E-state index in [-0.39, 0.29) is 5.54 Å². The van der Waals surface area contributed by atoms with Crippen LogP contribution >= 0.6 is 0 Å². The molecule has 0 atom stereocenters. The van der Waals surface area contributed by atoms with Gasteiger partial charge < -0.3 is 10.2 Å². The lowest BCUT2D eigenvalue weighted by molar-refractivity contribution is 0.431. The number of benzene rings is 1. The molecular formula is C14H21N3. The quantitative estimate of drug-likeness (QED) is 0.864. The fraction of sp³-hybridized carbons (Fsp3) is 0.500. The normalized spacial score (nSPS) is 11.0. The Hall–Kier alpha value is -1.53. The second kappa shape index (κ2) is 5.70. The summed E-state index contributed by atoms with van der Waals surface area (Å²) in [6, 6.07) is 9.79. The first-order chi connectivity index (χ1) is 7.92. The van der Waals surface area contributed by atoms with Crippen LogP contribution < -0.4 is 10.2 Å². The summed E-state index contributed by atoms with van der Waals surface area (Å²) >= 11 is 0. The van der Waals surface area contributed by atoms with Crippen molar-refractivity contribution in [3.05, 3.63) is 29.8 Å². The zero-order valence-electron chi connectivity index (χ0n) is 11.1. The number of nitriles is 1. The number of nitrogens with zero attached hydrogens (tertiary/aromatic N) is 2. The first-order valence-electron chi connectivity index (χ1n) is 5.89. The zero-order chi connectivity index (χ0) is 12.9. The van der Waals surface area contributed by atoms with Crippen LogP contribution in [-0.4, -0.2) is 25.7 Å². The summed E-state index contributed by atoms with van der Waals surface area (Å²) in [5.74, 6) is 0. The van der Waals surface area contributed by atoms with Gasteiger partial charge in [-0.15, -0.1) is 0 Å². The van der Waals surface area contributed by atoms with Crippen molar-refractivity contribution in [2.24, 2.45) is 0 Å². The van der Waals surface area contributed by atoms with Gasteiger partial charge >= 0.3 is 0 Å². The fourth-order valence-corrected chi connectivity index (χ4v) is 1.52. The molecule has 1 rings (SSSR count). The Morgan fingerprint density at radius 3 is 2.29 bits per heavy atom. The van der Waals surface area contributed by atoms with Gasteiger partial charge in [-0.25, -0.2) is 0 Å². The highest BCUT2D eigenvalue weighted by Crippen LogP contribution is 2.12. The molecule has 0 fully saturated rings. The molecule has 0 spiro atoms. The van der Waals surface area contributed by atoms with Gasteiger partial charge in [-0.1, -0.05) is 0 Å². The monoisotopic (exact) mass is 231 g/mol. The summed E-state index contributed by atoms with van der Waals surface area (Å²) in [6.45, 7) is 8.38. The molecule has 0 aliphatic rings. The minimum absolute atomic E-state index is 0.158. The van der Waals surface area contributed by atoms with Crippen LogP contribution in [0.1, 0.15) is 26.3 Å². The molecule has 3 heteroatoms. The molecule has 1 aromatic carbocycles. The van der Waals surface area contributed by atoms with E-state index in [4.69, 9.17) is 5.26 Å². The van der Waals surface area contributed by atoms with Gasteiger partial charge in [0.25, 0.3) is 0 Å². The van der Waals surface area contributed by atoms with Crippen LogP contribution in [0.4, 0.5) is 5.69 Å². The number of hydrogen-bond acceptors (Lipinski definition) is 3. The van der Waals surface area contributed by atoms with E-state index in [1.54, 1.807) is 0 Å². The van der Waals surface area contributed by atoms with Crippen LogP contribution in [0.25, 0.3) is 0 Å². The largest absolute Gasteiger partial charge is 0.373 e. The second-order valence-electron chi connectivity index (χ2n) is 5.26. The Kier molecular flexibility index (Phi) is 4.53.